The summed E-state index contributed by atoms with van der Waals surface area (Å²) in [5.41, 5.74) is 0.582. The SMILES string of the molecule is Cc1ccc(N2C(=O)[C@H]3[C@@H]4C=C[C@](CNC(=O)COc5ccccc5)(O4)[C@@H]3C2=O)cc1. The lowest BCUT2D eigenvalue weighted by Gasteiger charge is -2.29. The van der Waals surface area contributed by atoms with Crippen LogP contribution in [0.2, 0.25) is 0 Å². The van der Waals surface area contributed by atoms with Crippen molar-refractivity contribution in [3.05, 3.63) is 72.3 Å². The molecule has 0 radical (unpaired) electrons. The Morgan fingerprint density at radius 3 is 2.58 bits per heavy atom. The normalized spacial score (nSPS) is 28.2. The van der Waals surface area contributed by atoms with Crippen LogP contribution in [-0.2, 0) is 19.1 Å². The molecule has 3 aliphatic rings. The maximum absolute atomic E-state index is 13.3. The van der Waals surface area contributed by atoms with Gasteiger partial charge < -0.3 is 14.8 Å². The van der Waals surface area contributed by atoms with Crippen LogP contribution in [0.15, 0.2) is 66.7 Å². The second-order valence-corrected chi connectivity index (χ2v) is 8.13. The summed E-state index contributed by atoms with van der Waals surface area (Å²) in [5, 5.41) is 2.80. The van der Waals surface area contributed by atoms with Crippen molar-refractivity contribution in [2.75, 3.05) is 18.1 Å². The molecule has 5 rings (SSSR count). The minimum Gasteiger partial charge on any atom is -0.484 e. The number of imide groups is 1. The van der Waals surface area contributed by atoms with Gasteiger partial charge in [0.2, 0.25) is 11.8 Å². The van der Waals surface area contributed by atoms with Crippen molar-refractivity contribution in [3.63, 3.8) is 0 Å². The van der Waals surface area contributed by atoms with E-state index >= 15 is 0 Å². The molecule has 4 atom stereocenters. The molecule has 7 nitrogen and oxygen atoms in total. The van der Waals surface area contributed by atoms with Crippen LogP contribution in [0.5, 0.6) is 5.75 Å². The molecule has 0 aromatic heterocycles. The largest absolute Gasteiger partial charge is 0.484 e. The predicted molar refractivity (Wildman–Crippen MR) is 112 cm³/mol. The lowest BCUT2D eigenvalue weighted by Crippen LogP contribution is -2.49. The number of nitrogens with zero attached hydrogens (tertiary/aromatic N) is 1. The van der Waals surface area contributed by atoms with Gasteiger partial charge in [0.25, 0.3) is 5.91 Å². The fourth-order valence-corrected chi connectivity index (χ4v) is 4.61. The Morgan fingerprint density at radius 2 is 1.84 bits per heavy atom. The molecule has 7 heteroatoms. The number of para-hydroxylation sites is 1. The van der Waals surface area contributed by atoms with E-state index in [4.69, 9.17) is 9.47 Å². The minimum absolute atomic E-state index is 0.0961. The Balaban J connectivity index is 1.29. The first-order chi connectivity index (χ1) is 15.0. The van der Waals surface area contributed by atoms with Crippen LogP contribution >= 0.6 is 0 Å². The third-order valence-electron chi connectivity index (χ3n) is 6.12. The lowest BCUT2D eigenvalue weighted by atomic mass is 9.77. The fourth-order valence-electron chi connectivity index (χ4n) is 4.61. The molecule has 2 bridgehead atoms. The Kier molecular flexibility index (Phi) is 4.63. The molecule has 0 saturated carbocycles. The standard InChI is InChI=1S/C24H22N2O5/c1-15-7-9-16(10-8-15)26-22(28)20-18-11-12-24(31-18,21(20)23(26)29)14-25-19(27)13-30-17-5-3-2-4-6-17/h2-12,18,20-21H,13-14H2,1H3,(H,25,27)/t18-,20-,21-,24+/m0/s1. The molecular formula is C24H22N2O5. The topological polar surface area (TPSA) is 84.9 Å². The van der Waals surface area contributed by atoms with Gasteiger partial charge in [-0.05, 0) is 31.2 Å². The molecule has 158 valence electrons. The molecule has 2 fully saturated rings. The molecule has 3 amide bonds. The zero-order valence-electron chi connectivity index (χ0n) is 17.0. The van der Waals surface area contributed by atoms with Crippen LogP contribution in [0, 0.1) is 18.8 Å². The first-order valence-electron chi connectivity index (χ1n) is 10.2. The van der Waals surface area contributed by atoms with Gasteiger partial charge in [0.15, 0.2) is 6.61 Å². The zero-order chi connectivity index (χ0) is 21.6. The number of ether oxygens (including phenoxy) is 2. The Hall–Kier alpha value is -3.45. The summed E-state index contributed by atoms with van der Waals surface area (Å²) in [7, 11) is 0. The van der Waals surface area contributed by atoms with Gasteiger partial charge in [-0.3, -0.25) is 14.4 Å². The van der Waals surface area contributed by atoms with Crippen LogP contribution in [0.4, 0.5) is 5.69 Å². The molecule has 0 aliphatic carbocycles. The van der Waals surface area contributed by atoms with E-state index in [9.17, 15) is 14.4 Å². The number of hydrogen-bond donors (Lipinski definition) is 1. The third-order valence-corrected chi connectivity index (χ3v) is 6.12. The number of rotatable bonds is 6. The van der Waals surface area contributed by atoms with E-state index in [1.165, 1.54) is 4.90 Å². The molecule has 3 heterocycles. The van der Waals surface area contributed by atoms with Crippen LogP contribution in [0.1, 0.15) is 5.56 Å². The third kappa shape index (κ3) is 3.21. The second kappa shape index (κ2) is 7.35. The van der Waals surface area contributed by atoms with Crippen molar-refractivity contribution < 1.29 is 23.9 Å². The van der Waals surface area contributed by atoms with E-state index in [2.05, 4.69) is 5.32 Å². The van der Waals surface area contributed by atoms with Crippen LogP contribution in [0.3, 0.4) is 0 Å². The van der Waals surface area contributed by atoms with Gasteiger partial charge in [0.05, 0.1) is 30.2 Å². The number of amides is 3. The highest BCUT2D eigenvalue weighted by atomic mass is 16.5. The maximum Gasteiger partial charge on any atom is 0.258 e. The molecular weight excluding hydrogens is 396 g/mol. The number of benzene rings is 2. The second-order valence-electron chi connectivity index (χ2n) is 8.13. The highest BCUT2D eigenvalue weighted by Gasteiger charge is 2.67. The average Bonchev–Trinajstić information content (AvgIpc) is 3.43. The number of anilines is 1. The van der Waals surface area contributed by atoms with Gasteiger partial charge in [-0.1, -0.05) is 48.0 Å². The van der Waals surface area contributed by atoms with Crippen LogP contribution in [-0.4, -0.2) is 42.6 Å². The number of aryl methyl sites for hydroxylation is 1. The highest BCUT2D eigenvalue weighted by molar-refractivity contribution is 6.23. The van der Waals surface area contributed by atoms with Crippen molar-refractivity contribution >= 4 is 23.4 Å². The van der Waals surface area contributed by atoms with Gasteiger partial charge in [-0.2, -0.15) is 0 Å². The van der Waals surface area contributed by atoms with Crippen molar-refractivity contribution in [1.82, 2.24) is 5.32 Å². The summed E-state index contributed by atoms with van der Waals surface area (Å²) in [5.74, 6) is -1.51. The van der Waals surface area contributed by atoms with E-state index in [-0.39, 0.29) is 30.9 Å². The van der Waals surface area contributed by atoms with Crippen molar-refractivity contribution in [2.24, 2.45) is 11.8 Å². The number of fused-ring (bicyclic) bond motifs is 5. The van der Waals surface area contributed by atoms with E-state index < -0.39 is 23.5 Å². The van der Waals surface area contributed by atoms with Crippen molar-refractivity contribution in [2.45, 2.75) is 18.6 Å². The Morgan fingerprint density at radius 1 is 1.10 bits per heavy atom. The summed E-state index contributed by atoms with van der Waals surface area (Å²) in [6.45, 7) is 1.89. The highest BCUT2D eigenvalue weighted by Crippen LogP contribution is 2.52. The summed E-state index contributed by atoms with van der Waals surface area (Å²) >= 11 is 0. The Bertz CT molecular complexity index is 1070. The first-order valence-corrected chi connectivity index (χ1v) is 10.2. The monoisotopic (exact) mass is 418 g/mol. The van der Waals surface area contributed by atoms with E-state index in [0.717, 1.165) is 5.56 Å². The number of nitrogens with one attached hydrogen (secondary N) is 1. The first kappa shape index (κ1) is 19.5. The van der Waals surface area contributed by atoms with Gasteiger partial charge in [-0.15, -0.1) is 0 Å². The summed E-state index contributed by atoms with van der Waals surface area (Å²) in [4.78, 5) is 40.0. The maximum atomic E-state index is 13.3. The van der Waals surface area contributed by atoms with Gasteiger partial charge >= 0.3 is 0 Å². The minimum atomic E-state index is -1.02. The quantitative estimate of drug-likeness (QED) is 0.573. The number of carbonyl (C=O) groups excluding carboxylic acids is 3. The predicted octanol–water partition coefficient (Wildman–Crippen LogP) is 2.00. The number of hydrogen-bond acceptors (Lipinski definition) is 5. The van der Waals surface area contributed by atoms with Crippen molar-refractivity contribution in [1.29, 1.82) is 0 Å². The molecule has 0 unspecified atom stereocenters. The molecule has 31 heavy (non-hydrogen) atoms. The zero-order valence-corrected chi connectivity index (χ0v) is 17.0. The fraction of sp³-hybridized carbons (Fsp3) is 0.292. The molecule has 2 aromatic carbocycles. The lowest BCUT2D eigenvalue weighted by molar-refractivity contribution is -0.129. The average molecular weight is 418 g/mol. The van der Waals surface area contributed by atoms with Crippen LogP contribution < -0.4 is 15.0 Å². The number of carbonyl (C=O) groups is 3. The van der Waals surface area contributed by atoms with Gasteiger partial charge in [0, 0.05) is 0 Å². The molecule has 2 saturated heterocycles. The molecule has 2 aromatic rings. The summed E-state index contributed by atoms with van der Waals surface area (Å²) < 4.78 is 11.5. The Labute approximate surface area is 179 Å². The van der Waals surface area contributed by atoms with Gasteiger partial charge in [-0.25, -0.2) is 4.90 Å². The molecule has 3 aliphatic heterocycles. The van der Waals surface area contributed by atoms with E-state index in [0.29, 0.717) is 11.4 Å². The van der Waals surface area contributed by atoms with Crippen molar-refractivity contribution in [3.8, 4) is 5.75 Å². The smallest absolute Gasteiger partial charge is 0.258 e. The van der Waals surface area contributed by atoms with Gasteiger partial charge in [0.1, 0.15) is 11.4 Å². The molecule has 0 spiro atoms. The molecule has 1 N–H and O–H groups in total. The van der Waals surface area contributed by atoms with Crippen LogP contribution in [0.25, 0.3) is 0 Å². The van der Waals surface area contributed by atoms with E-state index in [1.54, 1.807) is 30.3 Å². The summed E-state index contributed by atoms with van der Waals surface area (Å²) in [6.07, 6.45) is 3.16. The summed E-state index contributed by atoms with van der Waals surface area (Å²) in [6, 6.07) is 16.3. The van der Waals surface area contributed by atoms with E-state index in [1.807, 2.05) is 43.3 Å².